The smallest absolute Gasteiger partial charge is 0.330 e. The van der Waals surface area contributed by atoms with Crippen molar-refractivity contribution >= 4 is 11.9 Å². The lowest BCUT2D eigenvalue weighted by atomic mass is 10.1. The van der Waals surface area contributed by atoms with E-state index in [0.29, 0.717) is 12.8 Å². The molecule has 1 aliphatic heterocycles. The zero-order chi connectivity index (χ0) is 23.3. The highest BCUT2D eigenvalue weighted by Crippen LogP contribution is 2.29. The van der Waals surface area contributed by atoms with Crippen LogP contribution in [0.25, 0.3) is 6.08 Å². The van der Waals surface area contributed by atoms with Crippen LogP contribution in [0.3, 0.4) is 0 Å². The molecule has 0 bridgehead atoms. The van der Waals surface area contributed by atoms with E-state index in [9.17, 15) is 19.5 Å². The molecule has 2 N–H and O–H groups in total. The molecule has 3 unspecified atom stereocenters. The Balaban J connectivity index is 1.84. The molecule has 2 heterocycles. The second-order valence-electron chi connectivity index (χ2n) is 8.45. The molecule has 0 saturated carbocycles. The van der Waals surface area contributed by atoms with Crippen molar-refractivity contribution in [1.82, 2.24) is 9.55 Å². The minimum Gasteiger partial charge on any atom is -0.394 e. The molecule has 0 aliphatic carbocycles. The molecule has 0 aromatic carbocycles. The Morgan fingerprint density at radius 1 is 1.19 bits per heavy atom. The number of aromatic nitrogens is 2. The topological polar surface area (TPSA) is 111 Å². The zero-order valence-electron chi connectivity index (χ0n) is 19.4. The predicted octanol–water partition coefficient (Wildman–Crippen LogP) is 3.33. The average molecular weight is 451 g/mol. The molecule has 0 radical (unpaired) electrons. The highest BCUT2D eigenvalue weighted by molar-refractivity contribution is 5.93. The fourth-order valence-electron chi connectivity index (χ4n) is 3.99. The van der Waals surface area contributed by atoms with E-state index < -0.39 is 23.6 Å². The molecule has 0 amide bonds. The summed E-state index contributed by atoms with van der Waals surface area (Å²) in [4.78, 5) is 38.8. The Bertz CT molecular complexity index is 832. The minimum atomic E-state index is -0.661. The van der Waals surface area contributed by atoms with Gasteiger partial charge in [0.1, 0.15) is 12.3 Å². The van der Waals surface area contributed by atoms with E-state index in [0.717, 1.165) is 19.3 Å². The number of nitrogens with one attached hydrogen (secondary N) is 1. The number of carbonyl (C=O) groups is 1. The van der Waals surface area contributed by atoms with E-state index >= 15 is 0 Å². The number of ketones is 1. The third-order valence-electron chi connectivity index (χ3n) is 5.94. The van der Waals surface area contributed by atoms with Gasteiger partial charge in [-0.05, 0) is 18.6 Å². The molecule has 8 heteroatoms. The van der Waals surface area contributed by atoms with Crippen LogP contribution in [-0.4, -0.2) is 46.4 Å². The van der Waals surface area contributed by atoms with Crippen LogP contribution in [0, 0.1) is 0 Å². The maximum atomic E-state index is 12.2. The lowest BCUT2D eigenvalue weighted by Crippen LogP contribution is -2.33. The number of hydrogen-bond donors (Lipinski definition) is 2. The summed E-state index contributed by atoms with van der Waals surface area (Å²) in [5.74, 6) is -0.0398. The fourth-order valence-corrected chi connectivity index (χ4v) is 3.99. The Hall–Kier alpha value is -2.03. The predicted molar refractivity (Wildman–Crippen MR) is 124 cm³/mol. The third-order valence-corrected chi connectivity index (χ3v) is 5.94. The van der Waals surface area contributed by atoms with E-state index in [1.165, 1.54) is 68.6 Å². The largest absolute Gasteiger partial charge is 0.394 e. The van der Waals surface area contributed by atoms with Crippen LogP contribution < -0.4 is 11.2 Å². The first-order valence-corrected chi connectivity index (χ1v) is 11.9. The number of hydrogen-bond acceptors (Lipinski definition) is 6. The first kappa shape index (κ1) is 26.2. The van der Waals surface area contributed by atoms with Gasteiger partial charge in [-0.1, -0.05) is 58.3 Å². The monoisotopic (exact) mass is 450 g/mol. The number of aliphatic hydroxyl groups is 1. The van der Waals surface area contributed by atoms with E-state index in [1.807, 2.05) is 0 Å². The molecule has 1 saturated heterocycles. The Labute approximate surface area is 189 Å². The molecule has 1 aromatic rings. The van der Waals surface area contributed by atoms with E-state index in [4.69, 9.17) is 9.47 Å². The molecule has 1 fully saturated rings. The van der Waals surface area contributed by atoms with Crippen LogP contribution in [0.4, 0.5) is 0 Å². The maximum Gasteiger partial charge on any atom is 0.330 e. The number of H-pyrrole nitrogens is 1. The molecule has 8 nitrogen and oxygen atoms in total. The molecule has 0 spiro atoms. The summed E-state index contributed by atoms with van der Waals surface area (Å²) in [5, 5.41) is 9.41. The number of rotatable bonds is 15. The van der Waals surface area contributed by atoms with E-state index in [2.05, 4.69) is 11.9 Å². The number of aliphatic hydroxyl groups excluding tert-OH is 1. The van der Waals surface area contributed by atoms with Gasteiger partial charge in [-0.2, -0.15) is 0 Å². The van der Waals surface area contributed by atoms with Crippen LogP contribution in [0.15, 0.2) is 21.9 Å². The van der Waals surface area contributed by atoms with Gasteiger partial charge in [0.2, 0.25) is 0 Å². The van der Waals surface area contributed by atoms with Gasteiger partial charge in [-0.3, -0.25) is 19.1 Å². The maximum absolute atomic E-state index is 12.2. The third kappa shape index (κ3) is 8.15. The second kappa shape index (κ2) is 14.2. The first-order valence-electron chi connectivity index (χ1n) is 11.9. The number of methoxy groups -OCH3 is 1. The van der Waals surface area contributed by atoms with Gasteiger partial charge in [-0.25, -0.2) is 4.79 Å². The summed E-state index contributed by atoms with van der Waals surface area (Å²) in [5.41, 5.74) is -0.958. The Morgan fingerprint density at radius 3 is 2.44 bits per heavy atom. The second-order valence-corrected chi connectivity index (χ2v) is 8.45. The SMILES string of the molecule is CCCCCCCCCCCC(=O)/C=C/c1cn(C2CC(OC)C(CO)O2)c(=O)[nH]c1=O. The van der Waals surface area contributed by atoms with Gasteiger partial charge in [-0.15, -0.1) is 0 Å². The highest BCUT2D eigenvalue weighted by Gasteiger charge is 2.36. The highest BCUT2D eigenvalue weighted by atomic mass is 16.6. The number of carbonyl (C=O) groups excluding carboxylic acids is 1. The van der Waals surface area contributed by atoms with Gasteiger partial charge >= 0.3 is 5.69 Å². The molecular formula is C24H38N2O6. The summed E-state index contributed by atoms with van der Waals surface area (Å²) in [6.07, 6.45) is 14.2. The van der Waals surface area contributed by atoms with Gasteiger partial charge in [0.15, 0.2) is 5.78 Å². The Morgan fingerprint density at radius 2 is 1.84 bits per heavy atom. The van der Waals surface area contributed by atoms with E-state index in [1.54, 1.807) is 0 Å². The zero-order valence-corrected chi connectivity index (χ0v) is 19.4. The van der Waals surface area contributed by atoms with Crippen molar-refractivity contribution in [1.29, 1.82) is 0 Å². The lowest BCUT2D eigenvalue weighted by molar-refractivity contribution is -0.114. The number of aromatic amines is 1. The van der Waals surface area contributed by atoms with Crippen molar-refractivity contribution in [2.24, 2.45) is 0 Å². The van der Waals surface area contributed by atoms with E-state index in [-0.39, 0.29) is 24.1 Å². The van der Waals surface area contributed by atoms with Gasteiger partial charge in [0.25, 0.3) is 5.56 Å². The number of unbranched alkanes of at least 4 members (excludes halogenated alkanes) is 8. The lowest BCUT2D eigenvalue weighted by Gasteiger charge is -2.15. The van der Waals surface area contributed by atoms with Crippen molar-refractivity contribution in [2.75, 3.05) is 13.7 Å². The number of nitrogens with zero attached hydrogens (tertiary/aromatic N) is 1. The van der Waals surface area contributed by atoms with Gasteiger partial charge in [0.05, 0.1) is 18.3 Å². The van der Waals surface area contributed by atoms with Crippen LogP contribution in [0.5, 0.6) is 0 Å². The number of allylic oxidation sites excluding steroid dienone is 1. The molecule has 2 rings (SSSR count). The minimum absolute atomic E-state index is 0.0398. The quantitative estimate of drug-likeness (QED) is 0.313. The molecule has 1 aromatic heterocycles. The molecule has 180 valence electrons. The van der Waals surface area contributed by atoms with Crippen LogP contribution in [-0.2, 0) is 14.3 Å². The van der Waals surface area contributed by atoms with Crippen molar-refractivity contribution in [3.05, 3.63) is 38.7 Å². The fraction of sp³-hybridized carbons (Fsp3) is 0.708. The summed E-state index contributed by atoms with van der Waals surface area (Å²) in [6.45, 7) is 1.99. The van der Waals surface area contributed by atoms with Gasteiger partial charge < -0.3 is 14.6 Å². The van der Waals surface area contributed by atoms with Gasteiger partial charge in [0, 0.05) is 26.1 Å². The van der Waals surface area contributed by atoms with Crippen LogP contribution in [0.2, 0.25) is 0 Å². The Kier molecular flexibility index (Phi) is 11.6. The van der Waals surface area contributed by atoms with Crippen molar-refractivity contribution in [3.8, 4) is 0 Å². The van der Waals surface area contributed by atoms with Crippen LogP contribution >= 0.6 is 0 Å². The van der Waals surface area contributed by atoms with Crippen molar-refractivity contribution in [2.45, 2.75) is 96.0 Å². The summed E-state index contributed by atoms with van der Waals surface area (Å²) < 4.78 is 12.3. The van der Waals surface area contributed by atoms with Crippen molar-refractivity contribution in [3.63, 3.8) is 0 Å². The molecular weight excluding hydrogens is 412 g/mol. The molecule has 1 aliphatic rings. The first-order chi connectivity index (χ1) is 15.5. The normalized spacial score (nSPS) is 20.9. The number of ether oxygens (including phenoxy) is 2. The molecule has 3 atom stereocenters. The van der Waals surface area contributed by atoms with Crippen molar-refractivity contribution < 1.29 is 19.4 Å². The standard InChI is InChI=1S/C24H38N2O6/c1-3-4-5-6-7-8-9-10-11-12-19(28)14-13-18-16-26(24(30)25-23(18)29)22-15-20(31-2)21(17-27)32-22/h13-14,16,20-22,27H,3-12,15,17H2,1-2H3,(H,25,29,30)/b14-13+. The average Bonchev–Trinajstić information content (AvgIpc) is 3.20. The van der Waals surface area contributed by atoms with Crippen LogP contribution in [0.1, 0.15) is 89.3 Å². The summed E-state index contributed by atoms with van der Waals surface area (Å²) in [7, 11) is 1.52. The summed E-state index contributed by atoms with van der Waals surface area (Å²) in [6, 6.07) is 0. The summed E-state index contributed by atoms with van der Waals surface area (Å²) >= 11 is 0. The molecule has 32 heavy (non-hydrogen) atoms.